The van der Waals surface area contributed by atoms with Crippen LogP contribution in [0.1, 0.15) is 23.6 Å². The predicted octanol–water partition coefficient (Wildman–Crippen LogP) is 13.7. The Morgan fingerprint density at radius 2 is 1.06 bits per heavy atom. The van der Waals surface area contributed by atoms with E-state index >= 15 is 0 Å². The fraction of sp³-hybridized carbons (Fsp3) is 0.0417. The molecule has 1 aliphatic rings. The number of rotatable bonds is 5. The summed E-state index contributed by atoms with van der Waals surface area (Å²) < 4.78 is 2.65. The van der Waals surface area contributed by atoms with Crippen LogP contribution in [0.2, 0.25) is 0 Å². The summed E-state index contributed by atoms with van der Waals surface area (Å²) in [6, 6.07) is 66.9. The maximum absolute atomic E-state index is 2.40. The van der Waals surface area contributed by atoms with E-state index in [1.54, 1.807) is 0 Å². The summed E-state index contributed by atoms with van der Waals surface area (Å²) in [6.07, 6.45) is 0. The Labute approximate surface area is 296 Å². The lowest BCUT2D eigenvalue weighted by Crippen LogP contribution is -2.22. The van der Waals surface area contributed by atoms with Gasteiger partial charge in [-0.25, -0.2) is 0 Å². The number of fused-ring (bicyclic) bond motifs is 8. The van der Waals surface area contributed by atoms with E-state index in [2.05, 4.69) is 194 Å². The third kappa shape index (κ3) is 4.39. The summed E-state index contributed by atoms with van der Waals surface area (Å²) in [5.74, 6) is 0. The van der Waals surface area contributed by atoms with Gasteiger partial charge in [-0.2, -0.15) is 0 Å². The first kappa shape index (κ1) is 29.0. The second-order valence-electron chi connectivity index (χ2n) is 13.5. The van der Waals surface area contributed by atoms with Crippen molar-refractivity contribution in [2.45, 2.75) is 12.3 Å². The molecule has 1 aliphatic carbocycles. The topological polar surface area (TPSA) is 3.24 Å². The molecule has 0 amide bonds. The molecule has 0 bridgehead atoms. The molecule has 236 valence electrons. The fourth-order valence-electron chi connectivity index (χ4n) is 8.25. The average molecular weight is 656 g/mol. The van der Waals surface area contributed by atoms with Crippen LogP contribution < -0.4 is 4.90 Å². The van der Waals surface area contributed by atoms with Gasteiger partial charge in [0.15, 0.2) is 0 Å². The number of hydrogen-bond acceptors (Lipinski definition) is 2. The lowest BCUT2D eigenvalue weighted by atomic mass is 9.74. The molecule has 50 heavy (non-hydrogen) atoms. The fourth-order valence-corrected chi connectivity index (χ4v) is 9.53. The third-order valence-electron chi connectivity index (χ3n) is 10.7. The van der Waals surface area contributed by atoms with E-state index in [0.29, 0.717) is 0 Å². The molecule has 0 fully saturated rings. The third-order valence-corrected chi connectivity index (χ3v) is 11.9. The molecule has 0 saturated heterocycles. The molecule has 1 aromatic heterocycles. The number of benzene rings is 8. The minimum Gasteiger partial charge on any atom is -0.310 e. The van der Waals surface area contributed by atoms with Crippen molar-refractivity contribution in [2.24, 2.45) is 0 Å². The maximum Gasteiger partial charge on any atom is 0.0476 e. The van der Waals surface area contributed by atoms with Crippen molar-refractivity contribution in [1.82, 2.24) is 0 Å². The predicted molar refractivity (Wildman–Crippen MR) is 214 cm³/mol. The number of thiophene rings is 1. The molecule has 1 heterocycles. The van der Waals surface area contributed by atoms with E-state index in [-0.39, 0.29) is 5.41 Å². The second kappa shape index (κ2) is 11.3. The van der Waals surface area contributed by atoms with Crippen LogP contribution in [0.3, 0.4) is 0 Å². The zero-order valence-corrected chi connectivity index (χ0v) is 28.5. The zero-order chi connectivity index (χ0) is 33.2. The van der Waals surface area contributed by atoms with Gasteiger partial charge in [0, 0.05) is 42.6 Å². The molecule has 0 unspecified atom stereocenters. The standard InChI is InChI=1S/C48H33NS/c1-48(44-23-9-7-21-40(44)41-22-8-10-24-45(41)48)35-16-11-14-33(29-35)34-15-12-19-37(30-34)49(36-17-3-2-4-18-36)38-26-28-42-43-27-25-32-13-5-6-20-39(32)47(43)50-46(42)31-38/h2-31H,1H3. The van der Waals surface area contributed by atoms with Crippen molar-refractivity contribution in [3.05, 3.63) is 199 Å². The minimum absolute atomic E-state index is 0.234. The summed E-state index contributed by atoms with van der Waals surface area (Å²) in [5, 5.41) is 5.24. The van der Waals surface area contributed by atoms with E-state index in [4.69, 9.17) is 0 Å². The number of hydrogen-bond donors (Lipinski definition) is 0. The van der Waals surface area contributed by atoms with Gasteiger partial charge in [0.25, 0.3) is 0 Å². The molecular formula is C48H33NS. The zero-order valence-electron chi connectivity index (χ0n) is 27.7. The Morgan fingerprint density at radius 1 is 0.440 bits per heavy atom. The lowest BCUT2D eigenvalue weighted by molar-refractivity contribution is 0.714. The summed E-state index contributed by atoms with van der Waals surface area (Å²) in [7, 11) is 0. The van der Waals surface area contributed by atoms with Crippen LogP contribution in [-0.2, 0) is 5.41 Å². The first-order chi connectivity index (χ1) is 24.7. The van der Waals surface area contributed by atoms with Gasteiger partial charge in [0.1, 0.15) is 0 Å². The second-order valence-corrected chi connectivity index (χ2v) is 14.5. The first-order valence-electron chi connectivity index (χ1n) is 17.3. The van der Waals surface area contributed by atoms with Crippen molar-refractivity contribution in [3.63, 3.8) is 0 Å². The smallest absolute Gasteiger partial charge is 0.0476 e. The largest absolute Gasteiger partial charge is 0.310 e. The summed E-state index contributed by atoms with van der Waals surface area (Å²) in [4.78, 5) is 2.39. The monoisotopic (exact) mass is 655 g/mol. The summed E-state index contributed by atoms with van der Waals surface area (Å²) in [6.45, 7) is 2.39. The van der Waals surface area contributed by atoms with Gasteiger partial charge in [-0.3, -0.25) is 0 Å². The Kier molecular flexibility index (Phi) is 6.55. The molecule has 0 atom stereocenters. The number of anilines is 3. The van der Waals surface area contributed by atoms with E-state index in [0.717, 1.165) is 17.1 Å². The molecular weight excluding hydrogens is 623 g/mol. The van der Waals surface area contributed by atoms with Crippen LogP contribution in [-0.4, -0.2) is 0 Å². The van der Waals surface area contributed by atoms with E-state index in [1.165, 1.54) is 69.9 Å². The van der Waals surface area contributed by atoms with Crippen molar-refractivity contribution >= 4 is 59.3 Å². The minimum atomic E-state index is -0.234. The van der Waals surface area contributed by atoms with Crippen LogP contribution >= 0.6 is 11.3 Å². The molecule has 0 radical (unpaired) electrons. The van der Waals surface area contributed by atoms with E-state index < -0.39 is 0 Å². The van der Waals surface area contributed by atoms with Gasteiger partial charge in [0.05, 0.1) is 0 Å². The van der Waals surface area contributed by atoms with Crippen LogP contribution in [0.4, 0.5) is 17.1 Å². The van der Waals surface area contributed by atoms with Crippen LogP contribution in [0.5, 0.6) is 0 Å². The molecule has 10 rings (SSSR count). The molecule has 0 saturated carbocycles. The Hall–Kier alpha value is -5.96. The van der Waals surface area contributed by atoms with E-state index in [9.17, 15) is 0 Å². The van der Waals surface area contributed by atoms with Gasteiger partial charge in [-0.05, 0) is 99.1 Å². The van der Waals surface area contributed by atoms with Gasteiger partial charge in [-0.1, -0.05) is 140 Å². The van der Waals surface area contributed by atoms with Crippen molar-refractivity contribution in [1.29, 1.82) is 0 Å². The van der Waals surface area contributed by atoms with Gasteiger partial charge >= 0.3 is 0 Å². The van der Waals surface area contributed by atoms with Crippen molar-refractivity contribution < 1.29 is 0 Å². The highest BCUT2D eigenvalue weighted by Gasteiger charge is 2.40. The van der Waals surface area contributed by atoms with Gasteiger partial charge in [-0.15, -0.1) is 11.3 Å². The molecule has 0 N–H and O–H groups in total. The van der Waals surface area contributed by atoms with Crippen LogP contribution in [0.25, 0.3) is 53.2 Å². The average Bonchev–Trinajstić information content (AvgIpc) is 3.69. The highest BCUT2D eigenvalue weighted by Crippen LogP contribution is 2.52. The summed E-state index contributed by atoms with van der Waals surface area (Å²) in [5.41, 5.74) is 12.3. The van der Waals surface area contributed by atoms with E-state index in [1.807, 2.05) is 11.3 Å². The Bertz CT molecular complexity index is 2690. The van der Waals surface area contributed by atoms with Crippen LogP contribution in [0, 0.1) is 0 Å². The maximum atomic E-state index is 2.40. The van der Waals surface area contributed by atoms with Crippen molar-refractivity contribution in [2.75, 3.05) is 4.90 Å². The number of nitrogens with zero attached hydrogens (tertiary/aromatic N) is 1. The molecule has 1 nitrogen and oxygen atoms in total. The normalized spacial score (nSPS) is 13.1. The van der Waals surface area contributed by atoms with Gasteiger partial charge in [0.2, 0.25) is 0 Å². The quantitative estimate of drug-likeness (QED) is 0.178. The SMILES string of the molecule is CC1(c2cccc(-c3cccc(N(c4ccccc4)c4ccc5c(c4)sc4c6ccccc6ccc54)c3)c2)c2ccccc2-c2ccccc21. The number of para-hydroxylation sites is 1. The summed E-state index contributed by atoms with van der Waals surface area (Å²) >= 11 is 1.89. The molecule has 0 aliphatic heterocycles. The van der Waals surface area contributed by atoms with Crippen molar-refractivity contribution in [3.8, 4) is 22.3 Å². The molecule has 9 aromatic rings. The molecule has 8 aromatic carbocycles. The highest BCUT2D eigenvalue weighted by molar-refractivity contribution is 7.26. The first-order valence-corrected chi connectivity index (χ1v) is 18.1. The highest BCUT2D eigenvalue weighted by atomic mass is 32.1. The Morgan fingerprint density at radius 3 is 1.86 bits per heavy atom. The van der Waals surface area contributed by atoms with Gasteiger partial charge < -0.3 is 4.90 Å². The lowest BCUT2D eigenvalue weighted by Gasteiger charge is -2.29. The molecule has 0 spiro atoms. The van der Waals surface area contributed by atoms with Crippen LogP contribution in [0.15, 0.2) is 182 Å². The molecule has 2 heteroatoms. The Balaban J connectivity index is 1.09.